The molecule has 1 rings (SSSR count). The molecule has 3 heteroatoms. The predicted octanol–water partition coefficient (Wildman–Crippen LogP) is 2.12. The van der Waals surface area contributed by atoms with E-state index in [9.17, 15) is 4.79 Å². The second kappa shape index (κ2) is 6.11. The Morgan fingerprint density at radius 1 is 1.47 bits per heavy atom. The normalized spacial score (nSPS) is 24.9. The van der Waals surface area contributed by atoms with Crippen LogP contribution in [0.3, 0.4) is 0 Å². The largest absolute Gasteiger partial charge is 0.341 e. The maximum absolute atomic E-state index is 11.1. The lowest BCUT2D eigenvalue weighted by atomic mass is 9.99. The summed E-state index contributed by atoms with van der Waals surface area (Å²) in [6, 6.07) is 0.663. The first-order chi connectivity index (χ1) is 7.19. The Bertz CT molecular complexity index is 206. The lowest BCUT2D eigenvalue weighted by molar-refractivity contribution is -0.121. The van der Waals surface area contributed by atoms with E-state index in [0.717, 1.165) is 13.0 Å². The van der Waals surface area contributed by atoms with Gasteiger partial charge in [0.05, 0.1) is 6.17 Å². The first-order valence-corrected chi connectivity index (χ1v) is 6.21. The van der Waals surface area contributed by atoms with Gasteiger partial charge in [0.2, 0.25) is 5.91 Å². The van der Waals surface area contributed by atoms with Crippen LogP contribution in [0.5, 0.6) is 0 Å². The number of hydrogen-bond acceptors (Lipinski definition) is 2. The van der Waals surface area contributed by atoms with Gasteiger partial charge in [-0.1, -0.05) is 20.3 Å². The number of hydrogen-bond donors (Lipinski definition) is 1. The molecule has 0 aromatic heterocycles. The van der Waals surface area contributed by atoms with Crippen LogP contribution in [0.25, 0.3) is 0 Å². The van der Waals surface area contributed by atoms with Gasteiger partial charge in [0.15, 0.2) is 0 Å². The highest BCUT2D eigenvalue weighted by Crippen LogP contribution is 2.22. The molecule has 3 nitrogen and oxygen atoms in total. The number of carbonyl (C=O) groups is 1. The molecule has 1 N–H and O–H groups in total. The molecule has 15 heavy (non-hydrogen) atoms. The maximum Gasteiger partial charge on any atom is 0.218 e. The van der Waals surface area contributed by atoms with E-state index in [-0.39, 0.29) is 12.1 Å². The fourth-order valence-corrected chi connectivity index (χ4v) is 2.53. The van der Waals surface area contributed by atoms with E-state index in [4.69, 9.17) is 0 Å². The van der Waals surface area contributed by atoms with E-state index in [1.165, 1.54) is 25.7 Å². The van der Waals surface area contributed by atoms with E-state index in [0.29, 0.717) is 6.04 Å². The van der Waals surface area contributed by atoms with E-state index in [2.05, 4.69) is 24.1 Å². The van der Waals surface area contributed by atoms with E-state index in [1.807, 2.05) is 0 Å². The number of amides is 1. The second-order valence-electron chi connectivity index (χ2n) is 4.42. The van der Waals surface area contributed by atoms with Crippen LogP contribution in [0, 0.1) is 0 Å². The van der Waals surface area contributed by atoms with Gasteiger partial charge in [0.25, 0.3) is 0 Å². The molecule has 0 aromatic rings. The molecule has 0 bridgehead atoms. The summed E-state index contributed by atoms with van der Waals surface area (Å²) >= 11 is 0. The topological polar surface area (TPSA) is 32.3 Å². The number of likely N-dealkylation sites (tertiary alicyclic amines) is 1. The summed E-state index contributed by atoms with van der Waals surface area (Å²) in [7, 11) is 0. The number of rotatable bonds is 4. The van der Waals surface area contributed by atoms with Crippen molar-refractivity contribution in [3.8, 4) is 0 Å². The fraction of sp³-hybridized carbons (Fsp3) is 0.917. The van der Waals surface area contributed by atoms with Crippen molar-refractivity contribution in [3.05, 3.63) is 0 Å². The van der Waals surface area contributed by atoms with E-state index >= 15 is 0 Å². The van der Waals surface area contributed by atoms with Crippen molar-refractivity contribution in [2.75, 3.05) is 6.54 Å². The molecule has 0 radical (unpaired) electrons. The number of carbonyl (C=O) groups excluding carboxylic acids is 1. The van der Waals surface area contributed by atoms with Crippen molar-refractivity contribution in [3.63, 3.8) is 0 Å². The van der Waals surface area contributed by atoms with Crippen LogP contribution in [0.2, 0.25) is 0 Å². The third-order valence-corrected chi connectivity index (χ3v) is 3.30. The van der Waals surface area contributed by atoms with Gasteiger partial charge in [-0.2, -0.15) is 0 Å². The van der Waals surface area contributed by atoms with Crippen molar-refractivity contribution in [1.29, 1.82) is 0 Å². The second-order valence-corrected chi connectivity index (χ2v) is 4.42. The van der Waals surface area contributed by atoms with Crippen LogP contribution in [-0.4, -0.2) is 29.6 Å². The van der Waals surface area contributed by atoms with Gasteiger partial charge in [-0.15, -0.1) is 0 Å². The Morgan fingerprint density at radius 2 is 2.20 bits per heavy atom. The maximum atomic E-state index is 11.1. The SMILES string of the molecule is CCC1CCCCN1C(CC)NC(C)=O. The standard InChI is InChI=1S/C12H24N2O/c1-4-11-8-6-7-9-14(11)12(5-2)13-10(3)15/h11-12H,4-9H2,1-3H3,(H,13,15). The van der Waals surface area contributed by atoms with Crippen LogP contribution in [-0.2, 0) is 4.79 Å². The number of piperidine rings is 1. The Balaban J connectivity index is 2.58. The molecule has 1 fully saturated rings. The number of nitrogens with one attached hydrogen (secondary N) is 1. The third kappa shape index (κ3) is 3.49. The zero-order chi connectivity index (χ0) is 11.3. The fourth-order valence-electron chi connectivity index (χ4n) is 2.53. The molecule has 0 spiro atoms. The minimum atomic E-state index is 0.0854. The van der Waals surface area contributed by atoms with Crippen LogP contribution in [0.1, 0.15) is 52.9 Å². The molecular weight excluding hydrogens is 188 g/mol. The molecule has 1 aliphatic heterocycles. The van der Waals surface area contributed by atoms with E-state index < -0.39 is 0 Å². The molecule has 1 heterocycles. The zero-order valence-corrected chi connectivity index (χ0v) is 10.3. The molecule has 0 aliphatic carbocycles. The van der Waals surface area contributed by atoms with Crippen molar-refractivity contribution in [1.82, 2.24) is 10.2 Å². The minimum absolute atomic E-state index is 0.0854. The van der Waals surface area contributed by atoms with Crippen LogP contribution in [0.15, 0.2) is 0 Å². The average molecular weight is 212 g/mol. The highest BCUT2D eigenvalue weighted by atomic mass is 16.1. The third-order valence-electron chi connectivity index (χ3n) is 3.30. The highest BCUT2D eigenvalue weighted by molar-refractivity contribution is 5.73. The van der Waals surface area contributed by atoms with Crippen molar-refractivity contribution >= 4 is 5.91 Å². The zero-order valence-electron chi connectivity index (χ0n) is 10.3. The van der Waals surface area contributed by atoms with Crippen LogP contribution in [0.4, 0.5) is 0 Å². The summed E-state index contributed by atoms with van der Waals surface area (Å²) in [4.78, 5) is 13.6. The average Bonchev–Trinajstić information content (AvgIpc) is 2.25. The Labute approximate surface area is 93.2 Å². The van der Waals surface area contributed by atoms with Gasteiger partial charge < -0.3 is 5.32 Å². The van der Waals surface area contributed by atoms with Gasteiger partial charge >= 0.3 is 0 Å². The van der Waals surface area contributed by atoms with Gasteiger partial charge in [-0.25, -0.2) is 0 Å². The highest BCUT2D eigenvalue weighted by Gasteiger charge is 2.26. The predicted molar refractivity (Wildman–Crippen MR) is 62.5 cm³/mol. The monoisotopic (exact) mass is 212 g/mol. The minimum Gasteiger partial charge on any atom is -0.341 e. The summed E-state index contributed by atoms with van der Waals surface area (Å²) in [6.07, 6.45) is 6.32. The van der Waals surface area contributed by atoms with Crippen molar-refractivity contribution < 1.29 is 4.79 Å². The molecule has 2 atom stereocenters. The summed E-state index contributed by atoms with van der Waals surface area (Å²) in [5.74, 6) is 0.0854. The molecule has 88 valence electrons. The Hall–Kier alpha value is -0.570. The quantitative estimate of drug-likeness (QED) is 0.774. The molecule has 0 aromatic carbocycles. The van der Waals surface area contributed by atoms with Crippen molar-refractivity contribution in [2.24, 2.45) is 0 Å². The summed E-state index contributed by atoms with van der Waals surface area (Å²) in [5, 5.41) is 3.05. The lowest BCUT2D eigenvalue weighted by Crippen LogP contribution is -2.53. The first kappa shape index (κ1) is 12.5. The summed E-state index contributed by atoms with van der Waals surface area (Å²) < 4.78 is 0. The molecular formula is C12H24N2O. The van der Waals surface area contributed by atoms with Crippen LogP contribution < -0.4 is 5.32 Å². The van der Waals surface area contributed by atoms with Gasteiger partial charge in [-0.3, -0.25) is 9.69 Å². The molecule has 2 unspecified atom stereocenters. The smallest absolute Gasteiger partial charge is 0.218 e. The summed E-state index contributed by atoms with van der Waals surface area (Å²) in [6.45, 7) is 7.12. The van der Waals surface area contributed by atoms with Crippen molar-refractivity contribution in [2.45, 2.75) is 65.1 Å². The lowest BCUT2D eigenvalue weighted by Gasteiger charge is -2.40. The molecule has 0 saturated carbocycles. The molecule has 1 aliphatic rings. The van der Waals surface area contributed by atoms with Gasteiger partial charge in [-0.05, 0) is 25.7 Å². The first-order valence-electron chi connectivity index (χ1n) is 6.21. The van der Waals surface area contributed by atoms with Crippen LogP contribution >= 0.6 is 0 Å². The molecule has 1 saturated heterocycles. The summed E-state index contributed by atoms with van der Waals surface area (Å²) in [5.41, 5.74) is 0. The van der Waals surface area contributed by atoms with Gasteiger partial charge in [0, 0.05) is 19.5 Å². The van der Waals surface area contributed by atoms with Gasteiger partial charge in [0.1, 0.15) is 0 Å². The number of nitrogens with zero attached hydrogens (tertiary/aromatic N) is 1. The Kier molecular flexibility index (Phi) is 5.09. The van der Waals surface area contributed by atoms with E-state index in [1.54, 1.807) is 6.92 Å². The Morgan fingerprint density at radius 3 is 2.73 bits per heavy atom. The molecule has 1 amide bonds.